The molecule has 0 saturated carbocycles. The van der Waals surface area contributed by atoms with Crippen LogP contribution in [-0.4, -0.2) is 41.7 Å². The number of hydrogen-bond donors (Lipinski definition) is 2. The van der Waals surface area contributed by atoms with Crippen molar-refractivity contribution in [2.45, 2.75) is 85.0 Å². The Morgan fingerprint density at radius 2 is 1.79 bits per heavy atom. The SMILES string of the molecule is CC(C)(C)[C@H]1CCc2nc3c(cc2C1)C=C(C(=O)C[C@H](CC[NH+]1CCC(C#N)CC1)c1ccc(-c2ccc(=O)[nH]c2)cc1)C3.CC=O. The van der Waals surface area contributed by atoms with Crippen LogP contribution in [0.15, 0.2) is 59.0 Å². The summed E-state index contributed by atoms with van der Waals surface area (Å²) in [4.78, 5) is 43.6. The summed E-state index contributed by atoms with van der Waals surface area (Å²) < 4.78 is 0. The number of nitrogens with one attached hydrogen (secondary N) is 2. The summed E-state index contributed by atoms with van der Waals surface area (Å²) in [5.74, 6) is 1.18. The third kappa shape index (κ3) is 8.61. The molecular formula is C40H49N4O3+. The van der Waals surface area contributed by atoms with Gasteiger partial charge in [-0.05, 0) is 89.5 Å². The van der Waals surface area contributed by atoms with E-state index in [0.717, 1.165) is 86.0 Å². The number of fused-ring (bicyclic) bond motifs is 2. The summed E-state index contributed by atoms with van der Waals surface area (Å²) in [7, 11) is 0. The van der Waals surface area contributed by atoms with Gasteiger partial charge >= 0.3 is 0 Å². The summed E-state index contributed by atoms with van der Waals surface area (Å²) in [6, 6.07) is 16.6. The number of nitrogens with zero attached hydrogens (tertiary/aromatic N) is 2. The molecule has 2 aliphatic carbocycles. The number of rotatable bonds is 8. The molecule has 0 radical (unpaired) electrons. The number of aromatic nitrogens is 2. The van der Waals surface area contributed by atoms with Gasteiger partial charge in [0.1, 0.15) is 6.29 Å². The Morgan fingerprint density at radius 1 is 1.09 bits per heavy atom. The monoisotopic (exact) mass is 633 g/mol. The quantitative estimate of drug-likeness (QED) is 0.310. The molecule has 1 saturated heterocycles. The predicted molar refractivity (Wildman–Crippen MR) is 186 cm³/mol. The molecule has 7 nitrogen and oxygen atoms in total. The van der Waals surface area contributed by atoms with Crippen molar-refractivity contribution < 1.29 is 14.5 Å². The van der Waals surface area contributed by atoms with Crippen molar-refractivity contribution in [2.75, 3.05) is 19.6 Å². The van der Waals surface area contributed by atoms with E-state index in [4.69, 9.17) is 9.78 Å². The fourth-order valence-corrected chi connectivity index (χ4v) is 7.39. The highest BCUT2D eigenvalue weighted by Crippen LogP contribution is 2.39. The van der Waals surface area contributed by atoms with E-state index in [0.29, 0.717) is 18.8 Å². The van der Waals surface area contributed by atoms with Crippen molar-refractivity contribution >= 4 is 18.1 Å². The molecule has 6 rings (SSSR count). The van der Waals surface area contributed by atoms with Crippen LogP contribution in [0.5, 0.6) is 0 Å². The Labute approximate surface area is 279 Å². The minimum Gasteiger partial charge on any atom is -0.335 e. The number of allylic oxidation sites excluding steroid dienone is 1. The molecule has 246 valence electrons. The van der Waals surface area contributed by atoms with E-state index in [1.165, 1.54) is 35.1 Å². The number of pyridine rings is 2. The van der Waals surface area contributed by atoms with Crippen molar-refractivity contribution in [1.82, 2.24) is 9.97 Å². The number of benzene rings is 1. The number of likely N-dealkylation sites (tertiary alicyclic amines) is 1. The van der Waals surface area contributed by atoms with Gasteiger partial charge in [0.15, 0.2) is 5.78 Å². The van der Waals surface area contributed by atoms with Crippen LogP contribution < -0.4 is 10.5 Å². The second-order valence-corrected chi connectivity index (χ2v) is 14.6. The van der Waals surface area contributed by atoms with Crippen LogP contribution in [0, 0.1) is 28.6 Å². The molecule has 3 aliphatic rings. The number of H-pyrrole nitrogens is 1. The predicted octanol–water partition coefficient (Wildman–Crippen LogP) is 5.68. The van der Waals surface area contributed by atoms with Gasteiger partial charge in [-0.3, -0.25) is 14.6 Å². The van der Waals surface area contributed by atoms with Crippen molar-refractivity contribution in [3.63, 3.8) is 0 Å². The Hall–Kier alpha value is -4.15. The van der Waals surface area contributed by atoms with E-state index in [-0.39, 0.29) is 28.6 Å². The lowest BCUT2D eigenvalue weighted by Crippen LogP contribution is -3.13. The maximum absolute atomic E-state index is 13.9. The highest BCUT2D eigenvalue weighted by Gasteiger charge is 2.32. The topological polar surface area (TPSA) is 108 Å². The average molecular weight is 634 g/mol. The van der Waals surface area contributed by atoms with E-state index in [9.17, 15) is 14.9 Å². The summed E-state index contributed by atoms with van der Waals surface area (Å²) in [5.41, 5.74) is 9.03. The van der Waals surface area contributed by atoms with Crippen LogP contribution >= 0.6 is 0 Å². The lowest BCUT2D eigenvalue weighted by Gasteiger charge is -2.34. The zero-order valence-corrected chi connectivity index (χ0v) is 28.4. The first-order valence-corrected chi connectivity index (χ1v) is 17.3. The zero-order valence-electron chi connectivity index (χ0n) is 28.4. The maximum atomic E-state index is 13.9. The summed E-state index contributed by atoms with van der Waals surface area (Å²) in [6.07, 6.45) is 11.8. The van der Waals surface area contributed by atoms with Crippen LogP contribution in [-0.2, 0) is 28.9 Å². The highest BCUT2D eigenvalue weighted by molar-refractivity contribution is 6.02. The number of aryl methyl sites for hydroxylation is 1. The van der Waals surface area contributed by atoms with Crippen LogP contribution in [0.25, 0.3) is 17.2 Å². The molecule has 1 fully saturated rings. The molecule has 0 spiro atoms. The van der Waals surface area contributed by atoms with Gasteiger partial charge in [0.25, 0.3) is 0 Å². The smallest absolute Gasteiger partial charge is 0.247 e. The van der Waals surface area contributed by atoms with E-state index >= 15 is 0 Å². The molecule has 2 atom stereocenters. The number of nitriles is 1. The Bertz CT molecular complexity index is 1680. The number of piperidine rings is 1. The van der Waals surface area contributed by atoms with Gasteiger partial charge in [0, 0.05) is 55.6 Å². The normalized spacial score (nSPS) is 20.8. The van der Waals surface area contributed by atoms with Gasteiger partial charge in [0.2, 0.25) is 5.56 Å². The fourth-order valence-electron chi connectivity index (χ4n) is 7.39. The summed E-state index contributed by atoms with van der Waals surface area (Å²) >= 11 is 0. The van der Waals surface area contributed by atoms with E-state index in [2.05, 4.69) is 68.2 Å². The van der Waals surface area contributed by atoms with Gasteiger partial charge in [-0.2, -0.15) is 5.26 Å². The Balaban J connectivity index is 0.00000139. The Kier molecular flexibility index (Phi) is 11.0. The summed E-state index contributed by atoms with van der Waals surface area (Å²) in [5, 5.41) is 9.31. The first kappa shape index (κ1) is 34.2. The van der Waals surface area contributed by atoms with Crippen LogP contribution in [0.3, 0.4) is 0 Å². The zero-order chi connectivity index (χ0) is 33.6. The van der Waals surface area contributed by atoms with Crippen LogP contribution in [0.1, 0.15) is 93.8 Å². The molecular weight excluding hydrogens is 584 g/mol. The minimum atomic E-state index is -0.113. The molecule has 0 bridgehead atoms. The highest BCUT2D eigenvalue weighted by atomic mass is 16.1. The second kappa shape index (κ2) is 15.2. The van der Waals surface area contributed by atoms with Gasteiger partial charge in [-0.15, -0.1) is 0 Å². The van der Waals surface area contributed by atoms with Crippen molar-refractivity contribution in [3.05, 3.63) is 92.7 Å². The Morgan fingerprint density at radius 3 is 2.43 bits per heavy atom. The molecule has 1 aliphatic heterocycles. The second-order valence-electron chi connectivity index (χ2n) is 14.6. The number of quaternary nitrogens is 1. The molecule has 47 heavy (non-hydrogen) atoms. The van der Waals surface area contributed by atoms with Gasteiger partial charge < -0.3 is 14.7 Å². The first-order valence-electron chi connectivity index (χ1n) is 17.3. The molecule has 3 heterocycles. The van der Waals surface area contributed by atoms with Crippen molar-refractivity contribution in [2.24, 2.45) is 17.3 Å². The molecule has 0 amide bonds. The molecule has 1 aromatic carbocycles. The maximum Gasteiger partial charge on any atom is 0.247 e. The van der Waals surface area contributed by atoms with Gasteiger partial charge in [-0.25, -0.2) is 0 Å². The number of aromatic amines is 1. The lowest BCUT2D eigenvalue weighted by molar-refractivity contribution is -0.906. The molecule has 0 unspecified atom stereocenters. The lowest BCUT2D eigenvalue weighted by atomic mass is 9.71. The molecule has 2 N–H and O–H groups in total. The van der Waals surface area contributed by atoms with Crippen molar-refractivity contribution in [1.29, 1.82) is 5.26 Å². The third-order valence-corrected chi connectivity index (χ3v) is 10.4. The number of hydrogen-bond acceptors (Lipinski definition) is 5. The van der Waals surface area contributed by atoms with E-state index in [1.54, 1.807) is 12.3 Å². The van der Waals surface area contributed by atoms with Crippen molar-refractivity contribution in [3.8, 4) is 17.2 Å². The van der Waals surface area contributed by atoms with Crippen LogP contribution in [0.4, 0.5) is 0 Å². The van der Waals surface area contributed by atoms with E-state index in [1.807, 2.05) is 6.07 Å². The molecule has 3 aromatic rings. The molecule has 2 aromatic heterocycles. The number of Topliss-reactive ketones (excluding diaryl/α,β-unsaturated/α-hetero) is 1. The number of aldehydes is 1. The minimum absolute atomic E-state index is 0.113. The van der Waals surface area contributed by atoms with Gasteiger partial charge in [0.05, 0.1) is 37.3 Å². The number of carbonyl (C=O) groups is 2. The van der Waals surface area contributed by atoms with Crippen LogP contribution in [0.2, 0.25) is 0 Å². The third-order valence-electron chi connectivity index (χ3n) is 10.4. The number of carbonyl (C=O) groups excluding carboxylic acids is 2. The fraction of sp³-hybridized carbons (Fsp3) is 0.475. The number of ketones is 1. The first-order chi connectivity index (χ1) is 22.6. The standard InChI is InChI=1S/C38H44N4O2.C2H4O/c1-38(2,3)33-9-10-34-31(20-33)18-30-19-32(21-35(30)41-34)36(43)22-28(14-17-42-15-12-25(23-39)13-16-42)26-4-6-27(7-5-26)29-8-11-37(44)40-24-29;1-2-3/h4-8,11,18-19,24-25,28,33H,9-10,12-17,20-22H2,1-3H3,(H,40,44);2H,1H3/p+1/t28-,33-;/m0./s1. The average Bonchev–Trinajstić information content (AvgIpc) is 3.49. The van der Waals surface area contributed by atoms with Gasteiger partial charge in [-0.1, -0.05) is 45.0 Å². The summed E-state index contributed by atoms with van der Waals surface area (Å²) in [6.45, 7) is 11.5. The largest absolute Gasteiger partial charge is 0.335 e. The molecule has 7 heteroatoms. The van der Waals surface area contributed by atoms with E-state index < -0.39 is 0 Å².